The molecular weight excluding hydrogens is 336 g/mol. The number of hydrogen-bond donors (Lipinski definition) is 1. The summed E-state index contributed by atoms with van der Waals surface area (Å²) in [5.41, 5.74) is -0.683. The number of nitrogens with two attached hydrogens (primary N) is 1. The van der Waals surface area contributed by atoms with Crippen LogP contribution in [-0.2, 0) is 0 Å². The lowest BCUT2D eigenvalue weighted by Crippen LogP contribution is -2.26. The molecule has 7 heteroatoms. The van der Waals surface area contributed by atoms with Crippen molar-refractivity contribution in [3.8, 4) is 0 Å². The van der Waals surface area contributed by atoms with Crippen molar-refractivity contribution in [2.24, 2.45) is 5.84 Å². The predicted molar refractivity (Wildman–Crippen MR) is 83.6 cm³/mol. The van der Waals surface area contributed by atoms with Gasteiger partial charge in [0.2, 0.25) is 0 Å². The second kappa shape index (κ2) is 6.60. The van der Waals surface area contributed by atoms with Gasteiger partial charge >= 0.3 is 6.18 Å². The average Bonchev–Trinajstić information content (AvgIpc) is 2.43. The smallest absolute Gasteiger partial charge is 0.286 e. The Morgan fingerprint density at radius 1 is 1.00 bits per heavy atom. The first kappa shape index (κ1) is 16.7. The molecule has 0 unspecified atom stereocenters. The summed E-state index contributed by atoms with van der Waals surface area (Å²) in [6.45, 7) is 0. The molecule has 2 rings (SSSR count). The molecule has 0 fully saturated rings. The number of allylic oxidation sites excluding steroid dienone is 1. The molecule has 0 saturated carbocycles. The molecule has 22 heavy (non-hydrogen) atoms. The number of anilines is 1. The van der Waals surface area contributed by atoms with E-state index in [1.54, 1.807) is 30.3 Å². The largest absolute Gasteiger partial charge is 0.418 e. The molecule has 0 aliphatic carbocycles. The Kier molecular flexibility index (Phi) is 5.01. The van der Waals surface area contributed by atoms with Crippen molar-refractivity contribution in [3.05, 3.63) is 70.3 Å². The van der Waals surface area contributed by atoms with Crippen molar-refractivity contribution in [1.29, 1.82) is 0 Å². The van der Waals surface area contributed by atoms with Crippen molar-refractivity contribution in [2.75, 3.05) is 5.01 Å². The van der Waals surface area contributed by atoms with E-state index in [1.165, 1.54) is 18.2 Å². The summed E-state index contributed by atoms with van der Waals surface area (Å²) in [5.74, 6) is 5.70. The molecule has 0 aliphatic rings. The second-order valence-electron chi connectivity index (χ2n) is 4.44. The van der Waals surface area contributed by atoms with Gasteiger partial charge in [-0.2, -0.15) is 13.2 Å². The van der Waals surface area contributed by atoms with Crippen molar-refractivity contribution in [3.63, 3.8) is 0 Å². The third kappa shape index (κ3) is 4.16. The zero-order valence-corrected chi connectivity index (χ0v) is 12.6. The first-order valence-corrected chi connectivity index (χ1v) is 6.87. The van der Waals surface area contributed by atoms with Gasteiger partial charge in [0.05, 0.1) is 11.3 Å². The van der Waals surface area contributed by atoms with Gasteiger partial charge in [0.15, 0.2) is 0 Å². The van der Waals surface area contributed by atoms with E-state index in [4.69, 9.17) is 29.0 Å². The monoisotopic (exact) mass is 346 g/mol. The molecule has 0 spiro atoms. The topological polar surface area (TPSA) is 29.3 Å². The van der Waals surface area contributed by atoms with E-state index in [0.717, 1.165) is 11.2 Å². The number of rotatable bonds is 3. The van der Waals surface area contributed by atoms with Crippen LogP contribution in [0.15, 0.2) is 54.7 Å². The fraction of sp³-hybridized carbons (Fsp3) is 0.0667. The number of hydrazine groups is 1. The molecule has 0 aromatic heterocycles. The Morgan fingerprint density at radius 2 is 1.55 bits per heavy atom. The van der Waals surface area contributed by atoms with Gasteiger partial charge in [-0.15, -0.1) is 0 Å². The number of para-hydroxylation sites is 1. The zero-order chi connectivity index (χ0) is 16.3. The maximum atomic E-state index is 13.3. The van der Waals surface area contributed by atoms with Crippen LogP contribution in [0.25, 0.3) is 5.57 Å². The van der Waals surface area contributed by atoms with Crippen molar-refractivity contribution in [1.82, 2.24) is 0 Å². The Morgan fingerprint density at radius 3 is 2.05 bits per heavy atom. The van der Waals surface area contributed by atoms with Crippen LogP contribution in [-0.4, -0.2) is 6.18 Å². The molecule has 0 atom stereocenters. The molecule has 2 aromatic rings. The maximum Gasteiger partial charge on any atom is 0.418 e. The molecule has 116 valence electrons. The van der Waals surface area contributed by atoms with Gasteiger partial charge in [0, 0.05) is 16.2 Å². The minimum atomic E-state index is -4.61. The summed E-state index contributed by atoms with van der Waals surface area (Å²) in [4.78, 5) is 0. The van der Waals surface area contributed by atoms with Crippen LogP contribution in [0, 0.1) is 0 Å². The van der Waals surface area contributed by atoms with Gasteiger partial charge in [0.1, 0.15) is 0 Å². The van der Waals surface area contributed by atoms with Gasteiger partial charge in [0.25, 0.3) is 0 Å². The molecule has 0 amide bonds. The molecule has 0 radical (unpaired) electrons. The van der Waals surface area contributed by atoms with Crippen molar-refractivity contribution < 1.29 is 13.2 Å². The first-order chi connectivity index (χ1) is 10.3. The van der Waals surface area contributed by atoms with Gasteiger partial charge < -0.3 is 0 Å². The molecule has 0 aliphatic heterocycles. The quantitative estimate of drug-likeness (QED) is 0.605. The molecular formula is C15H11Cl2F3N2. The Bertz CT molecular complexity index is 665. The number of benzene rings is 2. The van der Waals surface area contributed by atoms with Gasteiger partial charge in [-0.25, -0.2) is 5.84 Å². The van der Waals surface area contributed by atoms with E-state index in [9.17, 15) is 13.2 Å². The van der Waals surface area contributed by atoms with Crippen LogP contribution in [0.1, 0.15) is 5.56 Å². The summed E-state index contributed by atoms with van der Waals surface area (Å²) in [5, 5.41) is 1.12. The third-order valence-electron chi connectivity index (χ3n) is 2.80. The molecule has 2 nitrogen and oxygen atoms in total. The zero-order valence-electron chi connectivity index (χ0n) is 11.1. The standard InChI is InChI=1S/C15H11Cl2F3N2/c16-11-6-10(7-12(17)8-11)14(15(18,19)20)9-22(21)13-4-2-1-3-5-13/h1-9H,21H2. The number of halogens is 5. The predicted octanol–water partition coefficient (Wildman–Crippen LogP) is 5.28. The van der Waals surface area contributed by atoms with Crippen molar-refractivity contribution >= 4 is 34.5 Å². The lowest BCUT2D eigenvalue weighted by molar-refractivity contribution is -0.0690. The van der Waals surface area contributed by atoms with Crippen LogP contribution in [0.3, 0.4) is 0 Å². The molecule has 0 bridgehead atoms. The van der Waals surface area contributed by atoms with Crippen LogP contribution < -0.4 is 10.9 Å². The minimum Gasteiger partial charge on any atom is -0.286 e. The fourth-order valence-electron chi connectivity index (χ4n) is 1.83. The highest BCUT2D eigenvalue weighted by molar-refractivity contribution is 6.34. The van der Waals surface area contributed by atoms with E-state index in [1.807, 2.05) is 0 Å². The average molecular weight is 347 g/mol. The first-order valence-electron chi connectivity index (χ1n) is 6.12. The van der Waals surface area contributed by atoms with Crippen LogP contribution in [0.4, 0.5) is 18.9 Å². The van der Waals surface area contributed by atoms with E-state index in [-0.39, 0.29) is 15.6 Å². The highest BCUT2D eigenvalue weighted by Gasteiger charge is 2.35. The fourth-order valence-corrected chi connectivity index (χ4v) is 2.36. The minimum absolute atomic E-state index is 0.112. The SMILES string of the molecule is NN(C=C(c1cc(Cl)cc(Cl)c1)C(F)(F)F)c1ccccc1. The molecule has 2 aromatic carbocycles. The van der Waals surface area contributed by atoms with Gasteiger partial charge in [-0.3, -0.25) is 5.01 Å². The maximum absolute atomic E-state index is 13.3. The Labute approximate surface area is 135 Å². The van der Waals surface area contributed by atoms with E-state index in [2.05, 4.69) is 0 Å². The van der Waals surface area contributed by atoms with Crippen LogP contribution in [0.2, 0.25) is 10.0 Å². The van der Waals surface area contributed by atoms with Crippen LogP contribution in [0.5, 0.6) is 0 Å². The van der Waals surface area contributed by atoms with E-state index < -0.39 is 11.7 Å². The Balaban J connectivity index is 2.49. The Hall–Kier alpha value is -1.69. The summed E-state index contributed by atoms with van der Waals surface area (Å²) < 4.78 is 39.9. The highest BCUT2D eigenvalue weighted by Crippen LogP contribution is 2.36. The molecule has 0 heterocycles. The van der Waals surface area contributed by atoms with Gasteiger partial charge in [-0.1, -0.05) is 41.4 Å². The number of alkyl halides is 3. The molecule has 0 saturated heterocycles. The lowest BCUT2D eigenvalue weighted by Gasteiger charge is -2.19. The second-order valence-corrected chi connectivity index (χ2v) is 5.31. The highest BCUT2D eigenvalue weighted by atomic mass is 35.5. The van der Waals surface area contributed by atoms with Gasteiger partial charge in [-0.05, 0) is 35.9 Å². The van der Waals surface area contributed by atoms with Crippen LogP contribution >= 0.6 is 23.2 Å². The number of hydrogen-bond acceptors (Lipinski definition) is 2. The van der Waals surface area contributed by atoms with Crippen molar-refractivity contribution in [2.45, 2.75) is 6.18 Å². The summed E-state index contributed by atoms with van der Waals surface area (Å²) >= 11 is 11.5. The van der Waals surface area contributed by atoms with E-state index in [0.29, 0.717) is 5.69 Å². The summed E-state index contributed by atoms with van der Waals surface area (Å²) in [6, 6.07) is 12.0. The summed E-state index contributed by atoms with van der Waals surface area (Å²) in [7, 11) is 0. The van der Waals surface area contributed by atoms with E-state index >= 15 is 0 Å². The molecule has 2 N–H and O–H groups in total. The normalized spacial score (nSPS) is 12.4. The third-order valence-corrected chi connectivity index (χ3v) is 3.24. The summed E-state index contributed by atoms with van der Waals surface area (Å²) in [6.07, 6.45) is -3.81. The lowest BCUT2D eigenvalue weighted by atomic mass is 10.1. The number of nitrogens with zero attached hydrogens (tertiary/aromatic N) is 1.